The molecule has 0 aliphatic carbocycles. The first kappa shape index (κ1) is 7.21. The molecule has 0 aromatic carbocycles. The van der Waals surface area contributed by atoms with Crippen molar-refractivity contribution in [2.24, 2.45) is 0 Å². The van der Waals surface area contributed by atoms with Crippen molar-refractivity contribution in [3.05, 3.63) is 0 Å². The lowest BCUT2D eigenvalue weighted by atomic mass is 10.2. The topological polar surface area (TPSA) is 49.4 Å². The Kier molecular flexibility index (Phi) is 1.72. The second kappa shape index (κ2) is 2.38. The second-order valence-corrected chi connectivity index (χ2v) is 2.60. The highest BCUT2D eigenvalue weighted by molar-refractivity contribution is 6.05. The SMILES string of the molecule is CN(C)[C@H]1CC(=O)NC1=O. The summed E-state index contributed by atoms with van der Waals surface area (Å²) in [6.07, 6.45) is 0.297. The van der Waals surface area contributed by atoms with Crippen LogP contribution in [0, 0.1) is 0 Å². The van der Waals surface area contributed by atoms with Gasteiger partial charge in [-0.15, -0.1) is 0 Å². The van der Waals surface area contributed by atoms with Crippen LogP contribution in [0.1, 0.15) is 6.42 Å². The molecule has 2 amide bonds. The predicted molar refractivity (Wildman–Crippen MR) is 35.2 cm³/mol. The Morgan fingerprint density at radius 3 is 2.30 bits per heavy atom. The third-order valence-corrected chi connectivity index (χ3v) is 1.57. The standard InChI is InChI=1S/C6H10N2O2/c1-8(2)4-3-5(9)7-6(4)10/h4H,3H2,1-2H3,(H,7,9,10)/t4-/m0/s1. The maximum Gasteiger partial charge on any atom is 0.244 e. The van der Waals surface area contributed by atoms with Gasteiger partial charge >= 0.3 is 0 Å². The lowest BCUT2D eigenvalue weighted by Crippen LogP contribution is -2.35. The molecule has 4 heteroatoms. The molecule has 1 saturated heterocycles. The van der Waals surface area contributed by atoms with Crippen LogP contribution in [-0.2, 0) is 9.59 Å². The fourth-order valence-corrected chi connectivity index (χ4v) is 0.957. The molecule has 56 valence electrons. The molecule has 1 N–H and O–H groups in total. The summed E-state index contributed by atoms with van der Waals surface area (Å²) in [6.45, 7) is 0. The highest BCUT2D eigenvalue weighted by Crippen LogP contribution is 2.05. The average Bonchev–Trinajstić information content (AvgIpc) is 2.10. The summed E-state index contributed by atoms with van der Waals surface area (Å²) >= 11 is 0. The lowest BCUT2D eigenvalue weighted by Gasteiger charge is -2.13. The number of carbonyl (C=O) groups excluding carboxylic acids is 2. The molecule has 0 aromatic rings. The molecule has 0 bridgehead atoms. The van der Waals surface area contributed by atoms with Gasteiger partial charge in [-0.05, 0) is 14.1 Å². The van der Waals surface area contributed by atoms with E-state index in [0.29, 0.717) is 6.42 Å². The molecule has 1 heterocycles. The first-order valence-electron chi connectivity index (χ1n) is 3.11. The molecule has 1 fully saturated rings. The summed E-state index contributed by atoms with van der Waals surface area (Å²) in [6, 6.07) is -0.257. The molecule has 0 unspecified atom stereocenters. The molecular weight excluding hydrogens is 132 g/mol. The van der Waals surface area contributed by atoms with E-state index in [-0.39, 0.29) is 17.9 Å². The van der Waals surface area contributed by atoms with Gasteiger partial charge in [0.25, 0.3) is 0 Å². The molecule has 1 aliphatic heterocycles. The van der Waals surface area contributed by atoms with Crippen molar-refractivity contribution < 1.29 is 9.59 Å². The molecule has 0 spiro atoms. The van der Waals surface area contributed by atoms with E-state index in [9.17, 15) is 9.59 Å². The summed E-state index contributed by atoms with van der Waals surface area (Å²) in [7, 11) is 3.56. The van der Waals surface area contributed by atoms with Crippen LogP contribution < -0.4 is 5.32 Å². The van der Waals surface area contributed by atoms with E-state index in [1.807, 2.05) is 0 Å². The van der Waals surface area contributed by atoms with E-state index < -0.39 is 0 Å². The van der Waals surface area contributed by atoms with Crippen molar-refractivity contribution in [1.82, 2.24) is 10.2 Å². The predicted octanol–water partition coefficient (Wildman–Crippen LogP) is -1.04. The summed E-state index contributed by atoms with van der Waals surface area (Å²) in [5.74, 6) is -0.362. The normalized spacial score (nSPS) is 25.7. The van der Waals surface area contributed by atoms with E-state index in [2.05, 4.69) is 5.32 Å². The van der Waals surface area contributed by atoms with Gasteiger partial charge < -0.3 is 0 Å². The average molecular weight is 142 g/mol. The lowest BCUT2D eigenvalue weighted by molar-refractivity contribution is -0.125. The highest BCUT2D eigenvalue weighted by atomic mass is 16.2. The maximum atomic E-state index is 10.9. The van der Waals surface area contributed by atoms with E-state index in [4.69, 9.17) is 0 Å². The van der Waals surface area contributed by atoms with Crippen molar-refractivity contribution in [1.29, 1.82) is 0 Å². The van der Waals surface area contributed by atoms with Crippen LogP contribution >= 0.6 is 0 Å². The number of nitrogens with zero attached hydrogens (tertiary/aromatic N) is 1. The van der Waals surface area contributed by atoms with Crippen LogP contribution in [-0.4, -0.2) is 36.9 Å². The number of imide groups is 1. The highest BCUT2D eigenvalue weighted by Gasteiger charge is 2.31. The van der Waals surface area contributed by atoms with Crippen molar-refractivity contribution >= 4 is 11.8 Å². The molecular formula is C6H10N2O2. The number of nitrogens with one attached hydrogen (secondary N) is 1. The summed E-state index contributed by atoms with van der Waals surface area (Å²) in [5.41, 5.74) is 0. The fraction of sp³-hybridized carbons (Fsp3) is 0.667. The van der Waals surface area contributed by atoms with Gasteiger partial charge in [-0.25, -0.2) is 0 Å². The Bertz CT molecular complexity index is 177. The number of hydrogen-bond acceptors (Lipinski definition) is 3. The molecule has 1 rings (SSSR count). The molecule has 1 atom stereocenters. The Hall–Kier alpha value is -0.900. The second-order valence-electron chi connectivity index (χ2n) is 2.60. The quantitative estimate of drug-likeness (QED) is 0.476. The minimum Gasteiger partial charge on any atom is -0.298 e. The van der Waals surface area contributed by atoms with E-state index in [0.717, 1.165) is 0 Å². The van der Waals surface area contributed by atoms with Gasteiger partial charge in [0.15, 0.2) is 0 Å². The van der Waals surface area contributed by atoms with Gasteiger partial charge in [0.05, 0.1) is 12.5 Å². The van der Waals surface area contributed by atoms with Crippen LogP contribution in [0.5, 0.6) is 0 Å². The Morgan fingerprint density at radius 1 is 1.50 bits per heavy atom. The van der Waals surface area contributed by atoms with Gasteiger partial charge in [0.1, 0.15) is 0 Å². The molecule has 1 aliphatic rings. The third-order valence-electron chi connectivity index (χ3n) is 1.57. The molecule has 0 radical (unpaired) electrons. The van der Waals surface area contributed by atoms with E-state index in [1.165, 1.54) is 0 Å². The van der Waals surface area contributed by atoms with Crippen molar-refractivity contribution in [3.63, 3.8) is 0 Å². The van der Waals surface area contributed by atoms with Crippen molar-refractivity contribution in [2.75, 3.05) is 14.1 Å². The van der Waals surface area contributed by atoms with Gasteiger partial charge in [-0.2, -0.15) is 0 Å². The van der Waals surface area contributed by atoms with Crippen molar-refractivity contribution in [2.45, 2.75) is 12.5 Å². The number of hydrogen-bond donors (Lipinski definition) is 1. The zero-order chi connectivity index (χ0) is 7.72. The largest absolute Gasteiger partial charge is 0.298 e. The van der Waals surface area contributed by atoms with Crippen LogP contribution in [0.4, 0.5) is 0 Å². The number of carbonyl (C=O) groups is 2. The Balaban J connectivity index is 2.63. The van der Waals surface area contributed by atoms with Crippen LogP contribution in [0.25, 0.3) is 0 Å². The zero-order valence-electron chi connectivity index (χ0n) is 6.05. The number of rotatable bonds is 1. The Labute approximate surface area is 59.2 Å². The summed E-state index contributed by atoms with van der Waals surface area (Å²) in [4.78, 5) is 23.2. The molecule has 10 heavy (non-hydrogen) atoms. The van der Waals surface area contributed by atoms with Crippen LogP contribution in [0.2, 0.25) is 0 Å². The van der Waals surface area contributed by atoms with Gasteiger partial charge in [0, 0.05) is 0 Å². The maximum absolute atomic E-state index is 10.9. The first-order valence-corrected chi connectivity index (χ1v) is 3.11. The van der Waals surface area contributed by atoms with Crippen molar-refractivity contribution in [3.8, 4) is 0 Å². The third kappa shape index (κ3) is 1.16. The van der Waals surface area contributed by atoms with Crippen LogP contribution in [0.3, 0.4) is 0 Å². The monoisotopic (exact) mass is 142 g/mol. The van der Waals surface area contributed by atoms with E-state index >= 15 is 0 Å². The minimum absolute atomic E-state index is 0.177. The smallest absolute Gasteiger partial charge is 0.244 e. The Morgan fingerprint density at radius 2 is 2.10 bits per heavy atom. The number of likely N-dealkylation sites (N-methyl/N-ethyl adjacent to an activating group) is 1. The number of amides is 2. The zero-order valence-corrected chi connectivity index (χ0v) is 6.05. The van der Waals surface area contributed by atoms with Crippen LogP contribution in [0.15, 0.2) is 0 Å². The molecule has 0 saturated carbocycles. The van der Waals surface area contributed by atoms with E-state index in [1.54, 1.807) is 19.0 Å². The fourth-order valence-electron chi connectivity index (χ4n) is 0.957. The summed E-state index contributed by atoms with van der Waals surface area (Å²) in [5, 5.41) is 2.23. The van der Waals surface area contributed by atoms with Gasteiger partial charge in [-0.1, -0.05) is 0 Å². The van der Waals surface area contributed by atoms with Gasteiger partial charge in [-0.3, -0.25) is 19.8 Å². The van der Waals surface area contributed by atoms with Gasteiger partial charge in [0.2, 0.25) is 11.8 Å². The molecule has 0 aromatic heterocycles. The molecule has 4 nitrogen and oxygen atoms in total. The first-order chi connectivity index (χ1) is 4.61. The minimum atomic E-state index is -0.257. The summed E-state index contributed by atoms with van der Waals surface area (Å²) < 4.78 is 0.